The Labute approximate surface area is 184 Å². The number of ether oxygens (including phenoxy) is 2. The summed E-state index contributed by atoms with van der Waals surface area (Å²) in [6.45, 7) is -3.21. The summed E-state index contributed by atoms with van der Waals surface area (Å²) in [6, 6.07) is 9.55. The zero-order valence-electron chi connectivity index (χ0n) is 16.7. The normalized spacial score (nSPS) is 10.7. The molecule has 33 heavy (non-hydrogen) atoms. The Kier molecular flexibility index (Phi) is 8.72. The van der Waals surface area contributed by atoms with E-state index in [1.54, 1.807) is 5.32 Å². The van der Waals surface area contributed by atoms with Crippen LogP contribution >= 0.6 is 0 Å². The fourth-order valence-electron chi connectivity index (χ4n) is 2.25. The van der Waals surface area contributed by atoms with Gasteiger partial charge in [0.2, 0.25) is 0 Å². The fraction of sp³-hybridized carbons (Fsp3) is 0.200. The lowest BCUT2D eigenvalue weighted by atomic mass is 10.2. The number of halogens is 4. The minimum atomic E-state index is -4.66. The van der Waals surface area contributed by atoms with E-state index in [0.717, 1.165) is 6.07 Å². The minimum Gasteiger partial charge on any atom is -0.483 e. The Morgan fingerprint density at radius 1 is 0.879 bits per heavy atom. The number of carbonyl (C=O) groups excluding carboxylic acids is 4. The molecular weight excluding hydrogens is 454 g/mol. The number of carbonyl (C=O) groups is 4. The van der Waals surface area contributed by atoms with Crippen LogP contribution in [0.3, 0.4) is 0 Å². The van der Waals surface area contributed by atoms with Crippen LogP contribution in [0.1, 0.15) is 10.4 Å². The van der Waals surface area contributed by atoms with Gasteiger partial charge >= 0.3 is 18.2 Å². The highest BCUT2D eigenvalue weighted by atomic mass is 19.4. The molecule has 0 aliphatic rings. The van der Waals surface area contributed by atoms with Gasteiger partial charge in [0.25, 0.3) is 11.8 Å². The molecule has 13 heteroatoms. The molecule has 0 atom stereocenters. The Hall–Kier alpha value is -4.16. The van der Waals surface area contributed by atoms with E-state index < -0.39 is 55.6 Å². The Balaban J connectivity index is 1.86. The van der Waals surface area contributed by atoms with Crippen LogP contribution in [0.5, 0.6) is 5.75 Å². The van der Waals surface area contributed by atoms with Gasteiger partial charge in [0, 0.05) is 0 Å². The number of benzene rings is 2. The highest BCUT2D eigenvalue weighted by Crippen LogP contribution is 2.19. The molecule has 2 rings (SSSR count). The van der Waals surface area contributed by atoms with Gasteiger partial charge in [-0.3, -0.25) is 14.9 Å². The van der Waals surface area contributed by atoms with E-state index in [-0.39, 0.29) is 17.0 Å². The molecule has 0 fully saturated rings. The summed E-state index contributed by atoms with van der Waals surface area (Å²) in [6.07, 6.45) is -4.66. The zero-order valence-corrected chi connectivity index (χ0v) is 16.7. The zero-order chi connectivity index (χ0) is 24.4. The topological polar surface area (TPSA) is 123 Å². The number of amides is 4. The van der Waals surface area contributed by atoms with E-state index in [1.165, 1.54) is 47.8 Å². The van der Waals surface area contributed by atoms with Crippen LogP contribution in [-0.2, 0) is 14.3 Å². The highest BCUT2D eigenvalue weighted by molar-refractivity contribution is 5.98. The predicted molar refractivity (Wildman–Crippen MR) is 105 cm³/mol. The molecule has 4 amide bonds. The van der Waals surface area contributed by atoms with Gasteiger partial charge in [-0.2, -0.15) is 13.2 Å². The summed E-state index contributed by atoms with van der Waals surface area (Å²) in [4.78, 5) is 47.0. The van der Waals surface area contributed by atoms with E-state index in [9.17, 15) is 36.7 Å². The first-order valence-corrected chi connectivity index (χ1v) is 9.13. The van der Waals surface area contributed by atoms with Crippen molar-refractivity contribution in [1.29, 1.82) is 0 Å². The van der Waals surface area contributed by atoms with Crippen LogP contribution in [0.4, 0.5) is 28.0 Å². The van der Waals surface area contributed by atoms with Crippen molar-refractivity contribution in [3.8, 4) is 5.75 Å². The molecule has 0 heterocycles. The first-order chi connectivity index (χ1) is 15.5. The monoisotopic (exact) mass is 471 g/mol. The van der Waals surface area contributed by atoms with Crippen LogP contribution in [0.15, 0.2) is 48.5 Å². The molecule has 0 unspecified atom stereocenters. The van der Waals surface area contributed by atoms with Crippen LogP contribution in [-0.4, -0.2) is 49.7 Å². The second kappa shape index (κ2) is 11.5. The number of esters is 1. The van der Waals surface area contributed by atoms with Gasteiger partial charge in [-0.25, -0.2) is 14.0 Å². The summed E-state index contributed by atoms with van der Waals surface area (Å²) < 4.78 is 59.6. The van der Waals surface area contributed by atoms with Crippen molar-refractivity contribution in [3.63, 3.8) is 0 Å². The Morgan fingerprint density at radius 2 is 1.55 bits per heavy atom. The Bertz CT molecular complexity index is 1030. The number of para-hydroxylation sites is 2. The summed E-state index contributed by atoms with van der Waals surface area (Å²) >= 11 is 0. The molecule has 0 bridgehead atoms. The third kappa shape index (κ3) is 8.85. The molecule has 0 saturated heterocycles. The van der Waals surface area contributed by atoms with Crippen molar-refractivity contribution in [2.24, 2.45) is 0 Å². The van der Waals surface area contributed by atoms with Gasteiger partial charge in [-0.15, -0.1) is 0 Å². The SMILES string of the molecule is O=C(COC(=O)c1ccccc1OCC(=O)Nc1ccccc1F)NC(=O)NCC(F)(F)F. The van der Waals surface area contributed by atoms with Crippen LogP contribution in [0.25, 0.3) is 0 Å². The molecule has 0 radical (unpaired) electrons. The summed E-state index contributed by atoms with van der Waals surface area (Å²) in [7, 11) is 0. The number of alkyl halides is 3. The predicted octanol–water partition coefficient (Wildman–Crippen LogP) is 2.39. The molecule has 0 saturated carbocycles. The van der Waals surface area contributed by atoms with Crippen LogP contribution < -0.4 is 20.7 Å². The lowest BCUT2D eigenvalue weighted by molar-refractivity contribution is -0.125. The summed E-state index contributed by atoms with van der Waals surface area (Å²) in [5.74, 6) is -3.70. The minimum absolute atomic E-state index is 0.0657. The number of anilines is 1. The van der Waals surface area contributed by atoms with Crippen molar-refractivity contribution < 1.29 is 46.2 Å². The van der Waals surface area contributed by atoms with Crippen molar-refractivity contribution in [3.05, 3.63) is 59.9 Å². The summed E-state index contributed by atoms with van der Waals surface area (Å²) in [5, 5.41) is 5.26. The van der Waals surface area contributed by atoms with Crippen molar-refractivity contribution in [2.45, 2.75) is 6.18 Å². The van der Waals surface area contributed by atoms with Crippen molar-refractivity contribution in [1.82, 2.24) is 10.6 Å². The van der Waals surface area contributed by atoms with Gasteiger partial charge < -0.3 is 20.1 Å². The van der Waals surface area contributed by atoms with Gasteiger partial charge in [-0.1, -0.05) is 24.3 Å². The van der Waals surface area contributed by atoms with Crippen LogP contribution in [0, 0.1) is 5.82 Å². The second-order valence-electron chi connectivity index (χ2n) is 6.24. The molecule has 9 nitrogen and oxygen atoms in total. The van der Waals surface area contributed by atoms with Crippen LogP contribution in [0.2, 0.25) is 0 Å². The smallest absolute Gasteiger partial charge is 0.405 e. The largest absolute Gasteiger partial charge is 0.483 e. The number of hydrogen-bond acceptors (Lipinski definition) is 6. The average molecular weight is 471 g/mol. The van der Waals surface area contributed by atoms with Gasteiger partial charge in [0.05, 0.1) is 5.69 Å². The molecule has 2 aromatic rings. The molecule has 0 aliphatic heterocycles. The standard InChI is InChI=1S/C20H17F4N3O6/c21-13-6-2-3-7-14(13)26-16(28)9-32-15-8-4-1-5-12(15)18(30)33-10-17(29)27-19(31)25-11-20(22,23)24/h1-8H,9-11H2,(H,26,28)(H2,25,27,29,31). The molecule has 176 valence electrons. The first-order valence-electron chi connectivity index (χ1n) is 9.13. The van der Waals surface area contributed by atoms with Gasteiger partial charge in [-0.05, 0) is 24.3 Å². The lowest BCUT2D eigenvalue weighted by Crippen LogP contribution is -2.44. The quantitative estimate of drug-likeness (QED) is 0.402. The number of hydrogen-bond donors (Lipinski definition) is 3. The number of nitrogens with one attached hydrogen (secondary N) is 3. The maximum atomic E-state index is 13.6. The van der Waals surface area contributed by atoms with E-state index in [2.05, 4.69) is 5.32 Å². The molecule has 0 aliphatic carbocycles. The number of imide groups is 1. The van der Waals surface area contributed by atoms with Crippen molar-refractivity contribution >= 4 is 29.5 Å². The molecule has 3 N–H and O–H groups in total. The average Bonchev–Trinajstić information content (AvgIpc) is 2.76. The maximum Gasteiger partial charge on any atom is 0.405 e. The maximum absolute atomic E-state index is 13.6. The second-order valence-corrected chi connectivity index (χ2v) is 6.24. The molecule has 0 spiro atoms. The first kappa shape index (κ1) is 25.1. The highest BCUT2D eigenvalue weighted by Gasteiger charge is 2.28. The number of rotatable bonds is 8. The fourth-order valence-corrected chi connectivity index (χ4v) is 2.25. The number of urea groups is 1. The third-order valence-electron chi connectivity index (χ3n) is 3.65. The molecular formula is C20H17F4N3O6. The van der Waals surface area contributed by atoms with E-state index in [0.29, 0.717) is 0 Å². The van der Waals surface area contributed by atoms with Crippen molar-refractivity contribution in [2.75, 3.05) is 25.1 Å². The van der Waals surface area contributed by atoms with Gasteiger partial charge in [0.1, 0.15) is 23.7 Å². The van der Waals surface area contributed by atoms with E-state index >= 15 is 0 Å². The molecule has 2 aromatic carbocycles. The van der Waals surface area contributed by atoms with Gasteiger partial charge in [0.15, 0.2) is 13.2 Å². The summed E-state index contributed by atoms with van der Waals surface area (Å²) in [5.41, 5.74) is -0.241. The Morgan fingerprint density at radius 3 is 2.24 bits per heavy atom. The molecule has 0 aromatic heterocycles. The lowest BCUT2D eigenvalue weighted by Gasteiger charge is -2.12. The van der Waals surface area contributed by atoms with E-state index in [4.69, 9.17) is 9.47 Å². The van der Waals surface area contributed by atoms with E-state index in [1.807, 2.05) is 0 Å². The third-order valence-corrected chi connectivity index (χ3v) is 3.65.